The molecule has 3 aromatic rings. The smallest absolute Gasteiger partial charge is 0.161 e. The van der Waals surface area contributed by atoms with E-state index in [1.54, 1.807) is 42.5 Å². The van der Waals surface area contributed by atoms with E-state index in [-0.39, 0.29) is 17.5 Å². The number of hydrogen-bond acceptors (Lipinski definition) is 7. The van der Waals surface area contributed by atoms with Crippen molar-refractivity contribution in [1.82, 2.24) is 0 Å². The standard InChI is InChI=1S/C31H40N6O4/c32-29(33)22-7-12-25(13-8-22)38-17-3-1-5-19-40-27-16-11-24(31(36)37)21-28(27)41-20-6-2-4-18-39-26-14-9-23(10-15-26)30(34)35/h7-16,21H,1-6,17-20H2,(H3,32,33)(H3,34,35)(H3,36,37). The van der Waals surface area contributed by atoms with Crippen LogP contribution in [-0.2, 0) is 0 Å². The van der Waals surface area contributed by atoms with Crippen LogP contribution in [0.25, 0.3) is 0 Å². The van der Waals surface area contributed by atoms with E-state index in [0.717, 1.165) is 50.0 Å². The maximum Gasteiger partial charge on any atom is 0.161 e. The highest BCUT2D eigenvalue weighted by Crippen LogP contribution is 2.29. The summed E-state index contributed by atoms with van der Waals surface area (Å²) in [6.07, 6.45) is 5.33. The third-order valence-corrected chi connectivity index (χ3v) is 6.22. The van der Waals surface area contributed by atoms with Gasteiger partial charge >= 0.3 is 0 Å². The Balaban J connectivity index is 1.33. The molecular formula is C31H40N6O4. The van der Waals surface area contributed by atoms with Gasteiger partial charge in [0.2, 0.25) is 0 Å². The van der Waals surface area contributed by atoms with E-state index in [9.17, 15) is 0 Å². The summed E-state index contributed by atoms with van der Waals surface area (Å²) >= 11 is 0. The van der Waals surface area contributed by atoms with Crippen molar-refractivity contribution >= 4 is 17.5 Å². The van der Waals surface area contributed by atoms with Crippen molar-refractivity contribution in [2.45, 2.75) is 38.5 Å². The summed E-state index contributed by atoms with van der Waals surface area (Å²) in [5.74, 6) is 2.78. The van der Waals surface area contributed by atoms with Gasteiger partial charge in [0.25, 0.3) is 0 Å². The minimum Gasteiger partial charge on any atom is -0.494 e. The van der Waals surface area contributed by atoms with E-state index in [4.69, 9.17) is 52.4 Å². The van der Waals surface area contributed by atoms with Crippen LogP contribution in [0.5, 0.6) is 23.0 Å². The van der Waals surface area contributed by atoms with Crippen LogP contribution < -0.4 is 36.1 Å². The normalized spacial score (nSPS) is 10.5. The molecule has 0 atom stereocenters. The second kappa shape index (κ2) is 16.4. The Bertz CT molecular complexity index is 1280. The van der Waals surface area contributed by atoms with Crippen molar-refractivity contribution in [3.63, 3.8) is 0 Å². The van der Waals surface area contributed by atoms with E-state index in [1.165, 1.54) is 0 Å². The first-order valence-corrected chi connectivity index (χ1v) is 13.7. The van der Waals surface area contributed by atoms with Crippen molar-refractivity contribution in [1.29, 1.82) is 16.2 Å². The average Bonchev–Trinajstić information content (AvgIpc) is 2.97. The molecule has 3 aromatic carbocycles. The molecule has 9 N–H and O–H groups in total. The molecule has 0 bridgehead atoms. The highest BCUT2D eigenvalue weighted by Gasteiger charge is 2.09. The predicted octanol–water partition coefficient (Wildman–Crippen LogP) is 4.80. The SMILES string of the molecule is N=C(N)c1ccc(OCCCCCOc2ccc(C(=N)N)cc2OCCCCCOc2ccc(C(=N)N)cc2)cc1. The Morgan fingerprint density at radius 2 is 0.805 bits per heavy atom. The van der Waals surface area contributed by atoms with Crippen molar-refractivity contribution in [3.05, 3.63) is 83.4 Å². The summed E-state index contributed by atoms with van der Waals surface area (Å²) < 4.78 is 23.5. The molecule has 0 heterocycles. The number of benzene rings is 3. The second-order valence-electron chi connectivity index (χ2n) is 9.47. The van der Waals surface area contributed by atoms with Crippen LogP contribution in [-0.4, -0.2) is 43.9 Å². The van der Waals surface area contributed by atoms with Crippen molar-refractivity contribution < 1.29 is 18.9 Å². The number of hydrogen-bond donors (Lipinski definition) is 6. The first kappa shape index (κ1) is 30.8. The number of nitrogens with one attached hydrogen (secondary N) is 3. The van der Waals surface area contributed by atoms with E-state index in [0.29, 0.717) is 54.6 Å². The van der Waals surface area contributed by atoms with E-state index in [1.807, 2.05) is 24.3 Å². The molecule has 0 saturated heterocycles. The third-order valence-electron chi connectivity index (χ3n) is 6.22. The number of ether oxygens (including phenoxy) is 4. The van der Waals surface area contributed by atoms with Gasteiger partial charge in [-0.05, 0) is 105 Å². The number of nitrogen functional groups attached to an aromatic ring is 3. The van der Waals surface area contributed by atoms with Gasteiger partial charge in [-0.15, -0.1) is 0 Å². The Morgan fingerprint density at radius 3 is 1.22 bits per heavy atom. The van der Waals surface area contributed by atoms with Crippen LogP contribution in [0.3, 0.4) is 0 Å². The van der Waals surface area contributed by atoms with E-state index < -0.39 is 0 Å². The molecular weight excluding hydrogens is 520 g/mol. The average molecular weight is 561 g/mol. The Kier molecular flexibility index (Phi) is 12.3. The van der Waals surface area contributed by atoms with Crippen LogP contribution in [0.1, 0.15) is 55.2 Å². The fourth-order valence-corrected chi connectivity index (χ4v) is 3.88. The number of nitrogens with two attached hydrogens (primary N) is 3. The fourth-order valence-electron chi connectivity index (χ4n) is 3.88. The Hall–Kier alpha value is -4.73. The fraction of sp³-hybridized carbons (Fsp3) is 0.323. The molecule has 0 saturated carbocycles. The first-order valence-electron chi connectivity index (χ1n) is 13.7. The zero-order valence-corrected chi connectivity index (χ0v) is 23.3. The largest absolute Gasteiger partial charge is 0.494 e. The van der Waals surface area contributed by atoms with Crippen LogP contribution >= 0.6 is 0 Å². The summed E-state index contributed by atoms with van der Waals surface area (Å²) in [6.45, 7) is 2.23. The van der Waals surface area contributed by atoms with Gasteiger partial charge in [0, 0.05) is 16.7 Å². The maximum atomic E-state index is 7.74. The second-order valence-corrected chi connectivity index (χ2v) is 9.47. The molecule has 0 aliphatic rings. The van der Waals surface area contributed by atoms with Crippen molar-refractivity contribution in [2.24, 2.45) is 17.2 Å². The molecule has 0 fully saturated rings. The van der Waals surface area contributed by atoms with Gasteiger partial charge < -0.3 is 36.1 Å². The molecule has 0 aliphatic heterocycles. The monoisotopic (exact) mass is 560 g/mol. The summed E-state index contributed by atoms with van der Waals surface area (Å²) in [5.41, 5.74) is 18.6. The molecule has 10 heteroatoms. The summed E-state index contributed by atoms with van der Waals surface area (Å²) in [4.78, 5) is 0. The van der Waals surface area contributed by atoms with Gasteiger partial charge in [-0.25, -0.2) is 0 Å². The number of rotatable bonds is 19. The molecule has 0 spiro atoms. The Labute approximate surface area is 241 Å². The zero-order valence-electron chi connectivity index (χ0n) is 23.3. The molecule has 41 heavy (non-hydrogen) atoms. The van der Waals surface area contributed by atoms with Gasteiger partial charge in [-0.2, -0.15) is 0 Å². The molecule has 3 rings (SSSR count). The number of unbranched alkanes of at least 4 members (excludes halogenated alkanes) is 4. The van der Waals surface area contributed by atoms with Crippen LogP contribution in [0.2, 0.25) is 0 Å². The number of amidine groups is 3. The quantitative estimate of drug-likeness (QED) is 0.0690. The molecule has 0 radical (unpaired) electrons. The van der Waals surface area contributed by atoms with Gasteiger partial charge in [0.05, 0.1) is 26.4 Å². The molecule has 0 aromatic heterocycles. The Morgan fingerprint density at radius 1 is 0.439 bits per heavy atom. The summed E-state index contributed by atoms with van der Waals surface area (Å²) in [7, 11) is 0. The lowest BCUT2D eigenvalue weighted by atomic mass is 10.2. The van der Waals surface area contributed by atoms with Gasteiger partial charge in [0.15, 0.2) is 11.5 Å². The van der Waals surface area contributed by atoms with Crippen LogP contribution in [0.4, 0.5) is 0 Å². The minimum atomic E-state index is -0.0224. The zero-order chi connectivity index (χ0) is 29.5. The van der Waals surface area contributed by atoms with Gasteiger partial charge in [-0.1, -0.05) is 0 Å². The van der Waals surface area contributed by atoms with Crippen molar-refractivity contribution in [2.75, 3.05) is 26.4 Å². The lowest BCUT2D eigenvalue weighted by Crippen LogP contribution is -2.12. The van der Waals surface area contributed by atoms with E-state index in [2.05, 4.69) is 0 Å². The van der Waals surface area contributed by atoms with E-state index >= 15 is 0 Å². The molecule has 0 unspecified atom stereocenters. The topological polar surface area (TPSA) is 187 Å². The van der Waals surface area contributed by atoms with Gasteiger partial charge in [0.1, 0.15) is 29.0 Å². The molecule has 0 aliphatic carbocycles. The van der Waals surface area contributed by atoms with Crippen LogP contribution in [0.15, 0.2) is 66.7 Å². The third kappa shape index (κ3) is 10.7. The maximum absolute atomic E-state index is 7.74. The lowest BCUT2D eigenvalue weighted by molar-refractivity contribution is 0.249. The highest BCUT2D eigenvalue weighted by molar-refractivity contribution is 5.96. The first-order chi connectivity index (χ1) is 19.8. The summed E-state index contributed by atoms with van der Waals surface area (Å²) in [5, 5.41) is 22.6. The highest BCUT2D eigenvalue weighted by atomic mass is 16.5. The lowest BCUT2D eigenvalue weighted by Gasteiger charge is -2.14. The minimum absolute atomic E-state index is 0.0224. The predicted molar refractivity (Wildman–Crippen MR) is 162 cm³/mol. The molecule has 218 valence electrons. The molecule has 0 amide bonds. The molecule has 10 nitrogen and oxygen atoms in total. The van der Waals surface area contributed by atoms with Crippen LogP contribution in [0, 0.1) is 16.2 Å². The summed E-state index contributed by atoms with van der Waals surface area (Å²) in [6, 6.07) is 19.7. The van der Waals surface area contributed by atoms with Crippen molar-refractivity contribution in [3.8, 4) is 23.0 Å². The van der Waals surface area contributed by atoms with Gasteiger partial charge in [-0.3, -0.25) is 16.2 Å².